The topological polar surface area (TPSA) is 204 Å². The van der Waals surface area contributed by atoms with Crippen molar-refractivity contribution in [3.63, 3.8) is 0 Å². The molecule has 11 rings (SSSR count). The molecule has 1 aliphatic carbocycles. The van der Waals surface area contributed by atoms with Crippen LogP contribution in [0.5, 0.6) is 5.75 Å². The van der Waals surface area contributed by atoms with E-state index in [-0.39, 0.29) is 18.8 Å². The van der Waals surface area contributed by atoms with Crippen LogP contribution in [-0.2, 0) is 42.8 Å². The molecule has 2 aromatic heterocycles. The lowest BCUT2D eigenvalue weighted by Crippen LogP contribution is -2.82. The third-order valence-corrected chi connectivity index (χ3v) is 17.9. The average Bonchev–Trinajstić information content (AvgIpc) is 4.12. The van der Waals surface area contributed by atoms with Crippen molar-refractivity contribution in [1.29, 1.82) is 0 Å². The number of fused-ring (bicyclic) bond motifs is 7. The van der Waals surface area contributed by atoms with Crippen LogP contribution in [0.15, 0.2) is 79.0 Å². The van der Waals surface area contributed by atoms with E-state index >= 15 is 9.59 Å². The number of ether oxygens (including phenoxy) is 2. The van der Waals surface area contributed by atoms with Crippen LogP contribution in [0.3, 0.4) is 0 Å². The number of carbonyl (C=O) groups excluding carboxylic acids is 2. The lowest BCUT2D eigenvalue weighted by atomic mass is 9.47. The lowest BCUT2D eigenvalue weighted by Gasteiger charge is -2.63. The number of H-pyrrole nitrogens is 2. The highest BCUT2D eigenvalue weighted by molar-refractivity contribution is 5.96. The number of hydrogen-bond acceptors (Lipinski definition) is 11. The molecule has 7 N–H and O–H groups in total. The predicted molar refractivity (Wildman–Crippen MR) is 260 cm³/mol. The van der Waals surface area contributed by atoms with Crippen LogP contribution < -0.4 is 15.0 Å². The van der Waals surface area contributed by atoms with E-state index < -0.39 is 69.5 Å². The van der Waals surface area contributed by atoms with Gasteiger partial charge in [-0.15, -0.1) is 0 Å². The van der Waals surface area contributed by atoms with Gasteiger partial charge in [-0.2, -0.15) is 0 Å². The number of carbonyl (C=O) groups is 3. The van der Waals surface area contributed by atoms with Crippen molar-refractivity contribution in [1.82, 2.24) is 25.1 Å². The van der Waals surface area contributed by atoms with Crippen molar-refractivity contribution in [3.05, 3.63) is 107 Å². The number of aliphatic carboxylic acids is 1. The molecule has 1 spiro atoms. The van der Waals surface area contributed by atoms with Gasteiger partial charge in [-0.1, -0.05) is 62.4 Å². The van der Waals surface area contributed by atoms with Gasteiger partial charge in [0, 0.05) is 108 Å². The number of aliphatic hydroxyl groups is 3. The zero-order chi connectivity index (χ0) is 48.4. The second-order valence-corrected chi connectivity index (χ2v) is 21.1. The Kier molecular flexibility index (Phi) is 10.7. The maximum atomic E-state index is 15.5. The van der Waals surface area contributed by atoms with Crippen LogP contribution in [0.2, 0.25) is 0 Å². The Bertz CT molecular complexity index is 2930. The van der Waals surface area contributed by atoms with Gasteiger partial charge in [0.2, 0.25) is 0 Å². The quantitative estimate of drug-likeness (QED) is 0.0763. The molecule has 1 saturated carbocycles. The smallest absolute Gasteiger partial charge is 0.326 e. The number of aromatic nitrogens is 2. The van der Waals surface area contributed by atoms with Gasteiger partial charge in [-0.3, -0.25) is 19.4 Å². The number of esters is 1. The van der Waals surface area contributed by atoms with Crippen LogP contribution in [0.1, 0.15) is 73.9 Å². The van der Waals surface area contributed by atoms with Crippen molar-refractivity contribution < 1.29 is 44.3 Å². The fraction of sp³-hybridized carbons (Fsp3) is 0.500. The number of likely N-dealkylation sites (N-methyl/N-ethyl adjacent to an activating group) is 1. The molecule has 6 aliphatic rings. The van der Waals surface area contributed by atoms with Gasteiger partial charge in [-0.25, -0.2) is 4.79 Å². The Labute approximate surface area is 401 Å². The highest BCUT2D eigenvalue weighted by Gasteiger charge is 2.79. The summed E-state index contributed by atoms with van der Waals surface area (Å²) in [5, 5.41) is 54.1. The molecular weight excluding hydrogens is 877 g/mol. The molecule has 3 fully saturated rings. The monoisotopic (exact) mass is 940 g/mol. The van der Waals surface area contributed by atoms with Gasteiger partial charge in [-0.05, 0) is 85.9 Å². The molecule has 364 valence electrons. The minimum atomic E-state index is -2.56. The molecular formula is C54H64N6O9. The molecule has 7 heterocycles. The number of aliphatic hydroxyl groups excluding tert-OH is 1. The number of benzene rings is 3. The van der Waals surface area contributed by atoms with Crippen LogP contribution in [0.4, 0.5) is 5.69 Å². The Morgan fingerprint density at radius 2 is 1.70 bits per heavy atom. The minimum Gasteiger partial charge on any atom is -0.496 e. The van der Waals surface area contributed by atoms with Gasteiger partial charge in [0.15, 0.2) is 5.60 Å². The van der Waals surface area contributed by atoms with E-state index in [1.807, 2.05) is 86.5 Å². The molecule has 1 amide bonds. The summed E-state index contributed by atoms with van der Waals surface area (Å²) in [4.78, 5) is 57.6. The van der Waals surface area contributed by atoms with E-state index in [4.69, 9.17) is 9.47 Å². The number of carboxylic acid groups (broad SMARTS) is 1. The van der Waals surface area contributed by atoms with Crippen molar-refractivity contribution in [3.8, 4) is 5.75 Å². The van der Waals surface area contributed by atoms with Gasteiger partial charge >= 0.3 is 11.9 Å². The van der Waals surface area contributed by atoms with Crippen molar-refractivity contribution in [2.24, 2.45) is 11.3 Å². The third-order valence-electron chi connectivity index (χ3n) is 17.9. The van der Waals surface area contributed by atoms with Gasteiger partial charge in [0.1, 0.15) is 23.3 Å². The summed E-state index contributed by atoms with van der Waals surface area (Å²) in [5.74, 6) is -2.47. The normalized spacial score (nSPS) is 33.9. The molecule has 1 unspecified atom stereocenters. The van der Waals surface area contributed by atoms with Crippen molar-refractivity contribution >= 4 is 45.3 Å². The summed E-state index contributed by atoms with van der Waals surface area (Å²) in [5.41, 5.74) is -1.08. The first kappa shape index (κ1) is 45.7. The standard InChI is InChI=1S/C54H64N6O9/c1-6-50(66)26-31-27-53(49(65)69-5,43-35(17-21-59(29-31)30-50)34-14-9-11-16-39(34)56-43)37-24-36-41(25-42(37)68-4)58(3)46-52(36)19-22-60-20-12-18-51(7-2,45(52)60)47(63)54(46,67)48(64)57-40(44(61)62)23-32-28-55-38-15-10-8-13-33(32)38/h8-16,18,24-25,28,31,40,45-47,55-56,63,66-67H,6-7,17,19-23,26-27,29-30H2,1-5H3,(H,57,64)(H,61,62)/t31-,40-,45-,46+,47+,50-,51+,52+,53-,54-/m0/s1. The van der Waals surface area contributed by atoms with E-state index in [9.17, 15) is 25.2 Å². The van der Waals surface area contributed by atoms with E-state index in [1.54, 1.807) is 13.3 Å². The number of nitrogens with zero attached hydrogens (tertiary/aromatic N) is 3. The number of carboxylic acids is 1. The van der Waals surface area contributed by atoms with E-state index in [0.717, 1.165) is 32.9 Å². The largest absolute Gasteiger partial charge is 0.496 e. The molecule has 5 aromatic rings. The Morgan fingerprint density at radius 1 is 0.942 bits per heavy atom. The minimum absolute atomic E-state index is 0.0707. The number of aromatic amines is 2. The molecule has 15 heteroatoms. The first-order chi connectivity index (χ1) is 33.1. The molecule has 2 saturated heterocycles. The second-order valence-electron chi connectivity index (χ2n) is 21.1. The summed E-state index contributed by atoms with van der Waals surface area (Å²) in [6.07, 6.45) is 6.75. The van der Waals surface area contributed by atoms with Crippen LogP contribution in [0.25, 0.3) is 21.8 Å². The van der Waals surface area contributed by atoms with Gasteiger partial charge in [0.25, 0.3) is 5.91 Å². The Hall–Kier alpha value is -5.71. The van der Waals surface area contributed by atoms with Crippen LogP contribution in [0, 0.1) is 11.3 Å². The molecule has 3 aromatic carbocycles. The highest BCUT2D eigenvalue weighted by atomic mass is 16.5. The van der Waals surface area contributed by atoms with Crippen LogP contribution >= 0.6 is 0 Å². The second kappa shape index (κ2) is 16.2. The summed E-state index contributed by atoms with van der Waals surface area (Å²) < 4.78 is 12.4. The zero-order valence-corrected chi connectivity index (χ0v) is 40.0. The SMILES string of the molecule is CC[C@]1(O)C[C@@H]2CN(CCc3c([nH]c4ccccc34)[C@@](C(=O)OC)(c3cc4c(cc3OC)N(C)[C@H]3[C@@](O)(C(=O)N[C@@H](Cc5c[nH]c6ccccc56)C(=O)O)[C@H](O)[C@]5(CC)C=CCN6CC[C@]43[C@@H]65)C2)C1. The molecule has 0 radical (unpaired) electrons. The first-order valence-corrected chi connectivity index (χ1v) is 24.6. The predicted octanol–water partition coefficient (Wildman–Crippen LogP) is 4.54. The van der Waals surface area contributed by atoms with Gasteiger partial charge in [0.05, 0.1) is 25.9 Å². The zero-order valence-electron chi connectivity index (χ0n) is 40.0. The maximum Gasteiger partial charge on any atom is 0.326 e. The molecule has 15 nitrogen and oxygen atoms in total. The van der Waals surface area contributed by atoms with Gasteiger partial charge < -0.3 is 50.1 Å². The van der Waals surface area contributed by atoms with E-state index in [0.29, 0.717) is 93.1 Å². The number of amides is 1. The number of para-hydroxylation sites is 2. The molecule has 69 heavy (non-hydrogen) atoms. The Morgan fingerprint density at radius 3 is 2.42 bits per heavy atom. The number of anilines is 1. The first-order valence-electron chi connectivity index (χ1n) is 24.6. The number of rotatable bonds is 10. The lowest BCUT2D eigenvalue weighted by molar-refractivity contribution is -0.204. The number of piperidine rings is 1. The van der Waals surface area contributed by atoms with E-state index in [2.05, 4.69) is 37.2 Å². The van der Waals surface area contributed by atoms with E-state index in [1.165, 1.54) is 7.11 Å². The average molecular weight is 941 g/mol. The summed E-state index contributed by atoms with van der Waals surface area (Å²) >= 11 is 0. The Balaban J connectivity index is 1.12. The highest BCUT2D eigenvalue weighted by Crippen LogP contribution is 2.67. The summed E-state index contributed by atoms with van der Waals surface area (Å²) in [6.45, 7) is 7.04. The van der Waals surface area contributed by atoms with Crippen LogP contribution in [-0.4, -0.2) is 147 Å². The summed E-state index contributed by atoms with van der Waals surface area (Å²) in [7, 11) is 4.81. The fourth-order valence-corrected chi connectivity index (χ4v) is 15.0. The summed E-state index contributed by atoms with van der Waals surface area (Å²) in [6, 6.07) is 16.6. The third kappa shape index (κ3) is 6.25. The van der Waals surface area contributed by atoms with Crippen molar-refractivity contribution in [2.75, 3.05) is 58.9 Å². The fourth-order valence-electron chi connectivity index (χ4n) is 15.0. The number of hydrogen-bond donors (Lipinski definition) is 7. The molecule has 11 atom stereocenters. The number of methoxy groups -OCH3 is 2. The maximum absolute atomic E-state index is 15.5. The van der Waals surface area contributed by atoms with Crippen molar-refractivity contribution in [2.45, 2.75) is 105 Å². The molecule has 5 aliphatic heterocycles. The number of nitrogens with one attached hydrogen (secondary N) is 3. The molecule has 2 bridgehead atoms.